The molecular formula is C33H34N4OS. The molecule has 0 amide bonds. The Balaban J connectivity index is 1.79. The first-order valence-electron chi connectivity index (χ1n) is 13.4. The van der Waals surface area contributed by atoms with Gasteiger partial charge in [-0.25, -0.2) is 0 Å². The van der Waals surface area contributed by atoms with Crippen molar-refractivity contribution < 1.29 is 4.74 Å². The van der Waals surface area contributed by atoms with Crippen LogP contribution in [0.15, 0.2) is 77.2 Å². The standard InChI is InChI=1S/C33H34N4OS/c1-23-15-16-27(31(3,4)25-11-7-5-8-12-25)28(17-23)38-29-18-24(2)30(39-26-13-9-6-10-14-26)33(21-36,22-37)32(29,19-34)20-35/h5-14,18,23,27-30H,15-17H2,1-4H3/t23-,27-,28-,29-,30+/m1/s1. The Hall–Kier alpha value is -3.55. The average Bonchev–Trinajstić information content (AvgIpc) is 2.95. The number of rotatable bonds is 6. The van der Waals surface area contributed by atoms with Crippen LogP contribution in [0.1, 0.15) is 52.5 Å². The summed E-state index contributed by atoms with van der Waals surface area (Å²) >= 11 is 1.34. The van der Waals surface area contributed by atoms with E-state index in [2.05, 4.69) is 57.2 Å². The van der Waals surface area contributed by atoms with Gasteiger partial charge in [-0.1, -0.05) is 87.4 Å². The summed E-state index contributed by atoms with van der Waals surface area (Å²) in [5.74, 6) is 0.554. The summed E-state index contributed by atoms with van der Waals surface area (Å²) in [5, 5.41) is 41.5. The predicted octanol–water partition coefficient (Wildman–Crippen LogP) is 7.34. The number of ether oxygens (including phenoxy) is 1. The van der Waals surface area contributed by atoms with Crippen LogP contribution in [0, 0.1) is 68.0 Å². The third-order valence-electron chi connectivity index (χ3n) is 8.79. The van der Waals surface area contributed by atoms with Gasteiger partial charge in [0.1, 0.15) is 6.10 Å². The van der Waals surface area contributed by atoms with E-state index in [1.165, 1.54) is 17.3 Å². The van der Waals surface area contributed by atoms with Gasteiger partial charge in [-0.15, -0.1) is 11.8 Å². The maximum absolute atomic E-state index is 10.6. The van der Waals surface area contributed by atoms with Gasteiger partial charge in [0.25, 0.3) is 0 Å². The Kier molecular flexibility index (Phi) is 8.23. The highest BCUT2D eigenvalue weighted by Crippen LogP contribution is 2.56. The number of benzene rings is 2. The summed E-state index contributed by atoms with van der Waals surface area (Å²) in [5.41, 5.74) is -2.16. The minimum absolute atomic E-state index is 0.134. The highest BCUT2D eigenvalue weighted by Gasteiger charge is 2.66. The Bertz CT molecular complexity index is 1350. The lowest BCUT2D eigenvalue weighted by molar-refractivity contribution is -0.104. The Morgan fingerprint density at radius 2 is 1.41 bits per heavy atom. The van der Waals surface area contributed by atoms with Crippen LogP contribution in [0.25, 0.3) is 0 Å². The van der Waals surface area contributed by atoms with Crippen LogP contribution in [-0.2, 0) is 10.2 Å². The minimum Gasteiger partial charge on any atom is -0.368 e. The van der Waals surface area contributed by atoms with Gasteiger partial charge in [-0.05, 0) is 54.7 Å². The summed E-state index contributed by atoms with van der Waals surface area (Å²) in [6.07, 6.45) is 3.37. The van der Waals surface area contributed by atoms with E-state index in [4.69, 9.17) is 4.74 Å². The fraction of sp³-hybridized carbons (Fsp3) is 0.455. The van der Waals surface area contributed by atoms with Crippen LogP contribution in [0.2, 0.25) is 0 Å². The zero-order valence-corrected chi connectivity index (χ0v) is 23.8. The van der Waals surface area contributed by atoms with E-state index in [-0.39, 0.29) is 17.4 Å². The van der Waals surface area contributed by atoms with Crippen molar-refractivity contribution in [3.8, 4) is 24.3 Å². The summed E-state index contributed by atoms with van der Waals surface area (Å²) in [6.45, 7) is 8.52. The smallest absolute Gasteiger partial charge is 0.206 e. The first-order valence-corrected chi connectivity index (χ1v) is 14.3. The lowest BCUT2D eigenvalue weighted by Crippen LogP contribution is -2.57. The molecule has 0 N–H and O–H groups in total. The molecular weight excluding hydrogens is 500 g/mol. The van der Waals surface area contributed by atoms with E-state index in [0.29, 0.717) is 5.92 Å². The number of hydrogen-bond acceptors (Lipinski definition) is 6. The molecule has 0 spiro atoms. The molecule has 39 heavy (non-hydrogen) atoms. The van der Waals surface area contributed by atoms with Crippen molar-refractivity contribution in [3.63, 3.8) is 0 Å². The fourth-order valence-electron chi connectivity index (χ4n) is 6.40. The van der Waals surface area contributed by atoms with E-state index in [1.807, 2.05) is 61.5 Å². The number of hydrogen-bond donors (Lipinski definition) is 0. The summed E-state index contributed by atoms with van der Waals surface area (Å²) in [7, 11) is 0. The predicted molar refractivity (Wildman–Crippen MR) is 152 cm³/mol. The number of nitrogens with zero attached hydrogens (tertiary/aromatic N) is 4. The molecule has 2 aromatic carbocycles. The first-order chi connectivity index (χ1) is 18.7. The molecule has 198 valence electrons. The van der Waals surface area contributed by atoms with Crippen molar-refractivity contribution in [3.05, 3.63) is 77.9 Å². The van der Waals surface area contributed by atoms with Crippen LogP contribution in [0.3, 0.4) is 0 Å². The molecule has 0 saturated heterocycles. The average molecular weight is 535 g/mol. The summed E-state index contributed by atoms with van der Waals surface area (Å²) < 4.78 is 6.82. The van der Waals surface area contributed by atoms with Crippen molar-refractivity contribution in [2.45, 2.75) is 74.7 Å². The molecule has 0 aromatic heterocycles. The van der Waals surface area contributed by atoms with Crippen molar-refractivity contribution in [2.24, 2.45) is 22.7 Å². The van der Waals surface area contributed by atoms with Crippen molar-refractivity contribution in [2.75, 3.05) is 0 Å². The molecule has 2 aliphatic carbocycles. The monoisotopic (exact) mass is 534 g/mol. The Labute approximate surface area is 236 Å². The van der Waals surface area contributed by atoms with Crippen LogP contribution in [0.5, 0.6) is 0 Å². The molecule has 5 atom stereocenters. The van der Waals surface area contributed by atoms with Crippen LogP contribution in [0.4, 0.5) is 0 Å². The van der Waals surface area contributed by atoms with Gasteiger partial charge in [0, 0.05) is 4.90 Å². The highest BCUT2D eigenvalue weighted by atomic mass is 32.2. The lowest BCUT2D eigenvalue weighted by atomic mass is 9.57. The molecule has 0 radical (unpaired) electrons. The second-order valence-corrected chi connectivity index (χ2v) is 12.7. The van der Waals surface area contributed by atoms with Crippen LogP contribution < -0.4 is 0 Å². The first kappa shape index (κ1) is 28.5. The van der Waals surface area contributed by atoms with E-state index >= 15 is 0 Å². The summed E-state index contributed by atoms with van der Waals surface area (Å²) in [4.78, 5) is 0.861. The molecule has 4 rings (SSSR count). The maximum atomic E-state index is 10.6. The molecule has 1 fully saturated rings. The summed E-state index contributed by atoms with van der Waals surface area (Å²) in [6, 6.07) is 28.4. The van der Waals surface area contributed by atoms with Gasteiger partial charge in [-0.2, -0.15) is 21.0 Å². The van der Waals surface area contributed by atoms with Gasteiger partial charge in [0.2, 0.25) is 5.41 Å². The molecule has 0 aliphatic heterocycles. The fourth-order valence-corrected chi connectivity index (χ4v) is 7.72. The van der Waals surface area contributed by atoms with Crippen molar-refractivity contribution >= 4 is 11.8 Å². The minimum atomic E-state index is -2.00. The number of thioether (sulfide) groups is 1. The van der Waals surface area contributed by atoms with Crippen molar-refractivity contribution in [1.29, 1.82) is 21.0 Å². The van der Waals surface area contributed by atoms with E-state index < -0.39 is 22.2 Å². The van der Waals surface area contributed by atoms with Gasteiger partial charge >= 0.3 is 0 Å². The topological polar surface area (TPSA) is 104 Å². The second-order valence-electron chi connectivity index (χ2n) is 11.5. The maximum Gasteiger partial charge on any atom is 0.206 e. The molecule has 6 heteroatoms. The zero-order chi connectivity index (χ0) is 28.3. The molecule has 0 unspecified atom stereocenters. The largest absolute Gasteiger partial charge is 0.368 e. The van der Waals surface area contributed by atoms with Crippen LogP contribution in [-0.4, -0.2) is 17.5 Å². The van der Waals surface area contributed by atoms with Gasteiger partial charge < -0.3 is 4.74 Å². The zero-order valence-electron chi connectivity index (χ0n) is 23.0. The molecule has 1 saturated carbocycles. The Morgan fingerprint density at radius 3 is 1.97 bits per heavy atom. The van der Waals surface area contributed by atoms with Gasteiger partial charge in [-0.3, -0.25) is 0 Å². The SMILES string of the molecule is CC1=C[C@@H](O[C@@H]2C[C@H](C)CC[C@H]2C(C)(C)c2ccccc2)C(C#N)(C#N)C(C#N)(C#N)[C@H]1Sc1ccccc1. The molecule has 5 nitrogen and oxygen atoms in total. The second kappa shape index (κ2) is 11.3. The molecule has 2 aromatic rings. The van der Waals surface area contributed by atoms with E-state index in [9.17, 15) is 21.0 Å². The van der Waals surface area contributed by atoms with Crippen molar-refractivity contribution in [1.82, 2.24) is 0 Å². The lowest BCUT2D eigenvalue weighted by Gasteiger charge is -2.49. The third kappa shape index (κ3) is 4.85. The van der Waals surface area contributed by atoms with Gasteiger partial charge in [0.15, 0.2) is 5.41 Å². The Morgan fingerprint density at radius 1 is 0.846 bits per heavy atom. The normalized spacial score (nSPS) is 27.6. The third-order valence-corrected chi connectivity index (χ3v) is 10.3. The molecule has 0 heterocycles. The van der Waals surface area contributed by atoms with E-state index in [1.54, 1.807) is 0 Å². The van der Waals surface area contributed by atoms with Gasteiger partial charge in [0.05, 0.1) is 35.6 Å². The van der Waals surface area contributed by atoms with Crippen LogP contribution >= 0.6 is 11.8 Å². The quantitative estimate of drug-likeness (QED) is 0.359. The van der Waals surface area contributed by atoms with E-state index in [0.717, 1.165) is 29.7 Å². The molecule has 2 aliphatic rings. The molecule has 0 bridgehead atoms. The highest BCUT2D eigenvalue weighted by molar-refractivity contribution is 8.00. The number of nitriles is 4.